The average Bonchev–Trinajstić information content (AvgIpc) is 3.16. The quantitative estimate of drug-likeness (QED) is 0.602. The van der Waals surface area contributed by atoms with E-state index in [2.05, 4.69) is 15.6 Å². The number of hydrogen-bond donors (Lipinski definition) is 1. The third kappa shape index (κ3) is 4.81. The molecule has 0 radical (unpaired) electrons. The number of amides is 1. The summed E-state index contributed by atoms with van der Waals surface area (Å²) in [6.07, 6.45) is 1.86. The van der Waals surface area contributed by atoms with Gasteiger partial charge in [-0.1, -0.05) is 23.4 Å². The molecule has 2 aromatic carbocycles. The van der Waals surface area contributed by atoms with Gasteiger partial charge in [-0.3, -0.25) is 4.79 Å². The summed E-state index contributed by atoms with van der Waals surface area (Å²) < 4.78 is 27.6. The van der Waals surface area contributed by atoms with Crippen molar-refractivity contribution in [1.82, 2.24) is 19.5 Å². The normalized spacial score (nSPS) is 17.5. The highest BCUT2D eigenvalue weighted by Crippen LogP contribution is 2.25. The van der Waals surface area contributed by atoms with Crippen LogP contribution < -0.4 is 10.2 Å². The summed E-state index contributed by atoms with van der Waals surface area (Å²) in [5.41, 5.74) is 1.40. The molecular weight excluding hydrogens is 442 g/mol. The first-order valence-electron chi connectivity index (χ1n) is 9.87. The van der Waals surface area contributed by atoms with E-state index in [9.17, 15) is 13.2 Å². The zero-order chi connectivity index (χ0) is 22.0. The van der Waals surface area contributed by atoms with Crippen LogP contribution in [0.25, 0.3) is 11.0 Å². The van der Waals surface area contributed by atoms with Crippen molar-refractivity contribution in [2.75, 3.05) is 25.0 Å². The van der Waals surface area contributed by atoms with Crippen LogP contribution in [0.15, 0.2) is 47.4 Å². The summed E-state index contributed by atoms with van der Waals surface area (Å²) in [5.74, 6) is -0.0843. The van der Waals surface area contributed by atoms with Crippen LogP contribution in [0.3, 0.4) is 0 Å². The number of fused-ring (bicyclic) bond motifs is 1. The van der Waals surface area contributed by atoms with E-state index in [0.717, 1.165) is 17.7 Å². The smallest absolute Gasteiger partial charge is 0.265 e. The van der Waals surface area contributed by atoms with E-state index >= 15 is 0 Å². The molecular formula is C20H22ClN5O4S. The zero-order valence-electron chi connectivity index (χ0n) is 16.9. The Labute approximate surface area is 184 Å². The molecule has 1 N–H and O–H groups in total. The van der Waals surface area contributed by atoms with E-state index in [-0.39, 0.29) is 11.5 Å². The van der Waals surface area contributed by atoms with Gasteiger partial charge in [0.15, 0.2) is 6.61 Å². The average molecular weight is 464 g/mol. The topological polar surface area (TPSA) is 106 Å². The number of rotatable bonds is 6. The van der Waals surface area contributed by atoms with Gasteiger partial charge in [-0.15, -0.1) is 5.10 Å². The monoisotopic (exact) mass is 463 g/mol. The summed E-state index contributed by atoms with van der Waals surface area (Å²) in [6, 6.07) is 11.2. The first-order chi connectivity index (χ1) is 14.8. The van der Waals surface area contributed by atoms with Crippen molar-refractivity contribution >= 4 is 44.3 Å². The standard InChI is InChI=1S/C20H22ClN5O4S/c1-14-3-2-10-25(12-14)31(28,29)17-8-9-18-19(11-17)26(24-23-18)30-13-20(27)22-16-6-4-15(21)5-7-16/h4-9,11,14H,2-3,10,12-13H2,1H3,(H,22,27). The Morgan fingerprint density at radius 1 is 1.26 bits per heavy atom. The predicted octanol–water partition coefficient (Wildman–Crippen LogP) is 2.57. The first kappa shape index (κ1) is 21.5. The molecule has 164 valence electrons. The maximum atomic E-state index is 13.1. The molecule has 1 unspecified atom stereocenters. The van der Waals surface area contributed by atoms with Gasteiger partial charge in [0.1, 0.15) is 11.0 Å². The highest BCUT2D eigenvalue weighted by atomic mass is 35.5. The molecule has 4 rings (SSSR count). The number of benzene rings is 2. The van der Waals surface area contributed by atoms with Gasteiger partial charge in [0.2, 0.25) is 10.0 Å². The Kier molecular flexibility index (Phi) is 6.12. The van der Waals surface area contributed by atoms with E-state index in [1.807, 2.05) is 6.92 Å². The van der Waals surface area contributed by atoms with Gasteiger partial charge in [-0.2, -0.15) is 4.31 Å². The highest BCUT2D eigenvalue weighted by molar-refractivity contribution is 7.89. The fourth-order valence-corrected chi connectivity index (χ4v) is 5.24. The molecule has 9 nitrogen and oxygen atoms in total. The lowest BCUT2D eigenvalue weighted by atomic mass is 10.0. The predicted molar refractivity (Wildman–Crippen MR) is 116 cm³/mol. The van der Waals surface area contributed by atoms with Crippen molar-refractivity contribution in [2.45, 2.75) is 24.7 Å². The van der Waals surface area contributed by atoms with Gasteiger partial charge in [-0.05, 0) is 66.4 Å². The summed E-state index contributed by atoms with van der Waals surface area (Å²) in [7, 11) is -3.64. The largest absolute Gasteiger partial charge is 0.385 e. The lowest BCUT2D eigenvalue weighted by Crippen LogP contribution is -2.39. The van der Waals surface area contributed by atoms with Crippen LogP contribution >= 0.6 is 11.6 Å². The number of carbonyl (C=O) groups is 1. The molecule has 0 spiro atoms. The number of nitrogens with zero attached hydrogens (tertiary/aromatic N) is 4. The van der Waals surface area contributed by atoms with Crippen molar-refractivity contribution < 1.29 is 18.0 Å². The van der Waals surface area contributed by atoms with Crippen molar-refractivity contribution in [2.24, 2.45) is 5.92 Å². The van der Waals surface area contributed by atoms with E-state index in [0.29, 0.717) is 40.8 Å². The van der Waals surface area contributed by atoms with Crippen LogP contribution in [0.4, 0.5) is 5.69 Å². The molecule has 31 heavy (non-hydrogen) atoms. The Morgan fingerprint density at radius 2 is 2.03 bits per heavy atom. The Bertz CT molecular complexity index is 1200. The van der Waals surface area contributed by atoms with E-state index in [1.54, 1.807) is 30.3 Å². The number of aromatic nitrogens is 3. The Hall–Kier alpha value is -2.69. The number of halogens is 1. The van der Waals surface area contributed by atoms with Crippen molar-refractivity contribution in [3.05, 3.63) is 47.5 Å². The van der Waals surface area contributed by atoms with Crippen LogP contribution in [0.2, 0.25) is 5.02 Å². The minimum absolute atomic E-state index is 0.145. The van der Waals surface area contributed by atoms with Gasteiger partial charge in [0.25, 0.3) is 5.91 Å². The van der Waals surface area contributed by atoms with Crippen LogP contribution in [-0.4, -0.2) is 53.5 Å². The lowest BCUT2D eigenvalue weighted by Gasteiger charge is -2.30. The van der Waals surface area contributed by atoms with Gasteiger partial charge >= 0.3 is 0 Å². The molecule has 3 aromatic rings. The molecule has 0 aliphatic carbocycles. The molecule has 1 aliphatic heterocycles. The van der Waals surface area contributed by atoms with Gasteiger partial charge in [-0.25, -0.2) is 8.42 Å². The second kappa shape index (κ2) is 8.81. The number of sulfonamides is 1. The van der Waals surface area contributed by atoms with Gasteiger partial charge in [0.05, 0.1) is 4.90 Å². The third-order valence-electron chi connectivity index (χ3n) is 5.09. The van der Waals surface area contributed by atoms with Crippen molar-refractivity contribution in [3.63, 3.8) is 0 Å². The first-order valence-corrected chi connectivity index (χ1v) is 11.7. The second-order valence-corrected chi connectivity index (χ2v) is 9.93. The van der Waals surface area contributed by atoms with Crippen LogP contribution in [0.5, 0.6) is 0 Å². The number of nitrogens with one attached hydrogen (secondary N) is 1. The van der Waals surface area contributed by atoms with Crippen LogP contribution in [0.1, 0.15) is 19.8 Å². The van der Waals surface area contributed by atoms with Gasteiger partial charge < -0.3 is 10.2 Å². The lowest BCUT2D eigenvalue weighted by molar-refractivity contribution is -0.121. The summed E-state index contributed by atoms with van der Waals surface area (Å²) >= 11 is 5.83. The van der Waals surface area contributed by atoms with E-state index < -0.39 is 15.9 Å². The van der Waals surface area contributed by atoms with Gasteiger partial charge in [0, 0.05) is 23.8 Å². The van der Waals surface area contributed by atoms with Crippen LogP contribution in [-0.2, 0) is 14.8 Å². The fraction of sp³-hybridized carbons (Fsp3) is 0.350. The molecule has 0 bridgehead atoms. The minimum Gasteiger partial charge on any atom is -0.385 e. The van der Waals surface area contributed by atoms with E-state index in [4.69, 9.17) is 16.4 Å². The molecule has 11 heteroatoms. The number of piperidine rings is 1. The van der Waals surface area contributed by atoms with Crippen LogP contribution in [0, 0.1) is 5.92 Å². The molecule has 1 aliphatic rings. The van der Waals surface area contributed by atoms with Crippen molar-refractivity contribution in [3.8, 4) is 0 Å². The molecule has 1 amide bonds. The van der Waals surface area contributed by atoms with E-state index in [1.165, 1.54) is 16.4 Å². The molecule has 1 aromatic heterocycles. The molecule has 1 saturated heterocycles. The fourth-order valence-electron chi connectivity index (χ4n) is 3.50. The number of hydrogen-bond acceptors (Lipinski definition) is 6. The van der Waals surface area contributed by atoms with Crippen molar-refractivity contribution in [1.29, 1.82) is 0 Å². The maximum Gasteiger partial charge on any atom is 0.265 e. The Morgan fingerprint density at radius 3 is 2.77 bits per heavy atom. The number of anilines is 1. The molecule has 0 saturated carbocycles. The molecule has 1 fully saturated rings. The highest BCUT2D eigenvalue weighted by Gasteiger charge is 2.29. The number of carbonyl (C=O) groups excluding carboxylic acids is 1. The molecule has 2 heterocycles. The SMILES string of the molecule is CC1CCCN(S(=O)(=O)c2ccc3nnn(OCC(=O)Nc4ccc(Cl)cc4)c3c2)C1. The third-order valence-corrected chi connectivity index (χ3v) is 7.20. The summed E-state index contributed by atoms with van der Waals surface area (Å²) in [6.45, 7) is 2.72. The maximum absolute atomic E-state index is 13.1. The zero-order valence-corrected chi connectivity index (χ0v) is 18.4. The second-order valence-electron chi connectivity index (χ2n) is 7.55. The summed E-state index contributed by atoms with van der Waals surface area (Å²) in [5, 5.41) is 11.1. The minimum atomic E-state index is -3.64. The molecule has 1 atom stereocenters. The Balaban J connectivity index is 1.49. The summed E-state index contributed by atoms with van der Waals surface area (Å²) in [4.78, 5) is 18.8.